The lowest BCUT2D eigenvalue weighted by atomic mass is 10.1. The largest absolute Gasteiger partial charge is 0.337 e. The number of piperazine rings is 2. The number of rotatable bonds is 3. The molecule has 3 rings (SSSR count). The first kappa shape index (κ1) is 25.9. The van der Waals surface area contributed by atoms with Gasteiger partial charge in [0.15, 0.2) is 0 Å². The van der Waals surface area contributed by atoms with Crippen molar-refractivity contribution >= 4 is 35.1 Å². The summed E-state index contributed by atoms with van der Waals surface area (Å²) in [5, 5.41) is 3.47. The summed E-state index contributed by atoms with van der Waals surface area (Å²) < 4.78 is 0. The van der Waals surface area contributed by atoms with Crippen LogP contribution in [0.5, 0.6) is 0 Å². The molecule has 0 saturated carbocycles. The summed E-state index contributed by atoms with van der Waals surface area (Å²) in [6.45, 7) is 14.1. The van der Waals surface area contributed by atoms with E-state index in [9.17, 15) is 14.4 Å². The number of halogens is 1. The van der Waals surface area contributed by atoms with Crippen LogP contribution in [-0.2, 0) is 9.59 Å². The molecular weight excluding hydrogens is 430 g/mol. The number of anilines is 1. The zero-order valence-electron chi connectivity index (χ0n) is 19.9. The standard InChI is InChI=1S/C21H30ClN5O3.C2H6/c1-4-24-7-12-27(16(3)28)19(14-24)20(29)25-8-10-26(11-9-25)21(30)23-17-6-5-15(2)18(22)13-17;1-2/h5-6,13,19H,4,7-12,14H2,1-3H3,(H,23,30);1-2H3/t19-;/m1./s1. The quantitative estimate of drug-likeness (QED) is 0.744. The molecule has 2 aliphatic heterocycles. The van der Waals surface area contributed by atoms with E-state index in [4.69, 9.17) is 11.6 Å². The van der Waals surface area contributed by atoms with Crippen LogP contribution in [0, 0.1) is 6.92 Å². The minimum atomic E-state index is -0.453. The molecule has 0 bridgehead atoms. The first-order valence-electron chi connectivity index (χ1n) is 11.4. The van der Waals surface area contributed by atoms with Gasteiger partial charge in [-0.05, 0) is 31.2 Å². The Morgan fingerprint density at radius 3 is 2.22 bits per heavy atom. The van der Waals surface area contributed by atoms with E-state index < -0.39 is 6.04 Å². The zero-order valence-corrected chi connectivity index (χ0v) is 20.6. The van der Waals surface area contributed by atoms with Crippen molar-refractivity contribution < 1.29 is 14.4 Å². The Bertz CT molecular complexity index is 811. The fourth-order valence-corrected chi connectivity index (χ4v) is 4.11. The van der Waals surface area contributed by atoms with Crippen LogP contribution < -0.4 is 5.32 Å². The SMILES string of the molecule is CC.CCN1CCN(C(C)=O)[C@@H](C(=O)N2CCN(C(=O)Nc3ccc(C)c(Cl)c3)CC2)C1. The smallest absolute Gasteiger partial charge is 0.321 e. The van der Waals surface area contributed by atoms with Crippen molar-refractivity contribution in [1.82, 2.24) is 19.6 Å². The maximum Gasteiger partial charge on any atom is 0.321 e. The highest BCUT2D eigenvalue weighted by atomic mass is 35.5. The molecule has 178 valence electrons. The van der Waals surface area contributed by atoms with Crippen LogP contribution in [0.1, 0.15) is 33.3 Å². The summed E-state index contributed by atoms with van der Waals surface area (Å²) in [5.41, 5.74) is 1.60. The molecule has 32 heavy (non-hydrogen) atoms. The second kappa shape index (κ2) is 12.1. The van der Waals surface area contributed by atoms with Crippen LogP contribution in [0.25, 0.3) is 0 Å². The van der Waals surface area contributed by atoms with Gasteiger partial charge in [-0.25, -0.2) is 4.79 Å². The molecule has 8 nitrogen and oxygen atoms in total. The van der Waals surface area contributed by atoms with E-state index >= 15 is 0 Å². The van der Waals surface area contributed by atoms with Crippen molar-refractivity contribution in [1.29, 1.82) is 0 Å². The fourth-order valence-electron chi connectivity index (χ4n) is 3.93. The molecule has 0 aliphatic carbocycles. The number of hydrogen-bond donors (Lipinski definition) is 1. The number of carbonyl (C=O) groups excluding carboxylic acids is 3. The summed E-state index contributed by atoms with van der Waals surface area (Å²) >= 11 is 6.13. The van der Waals surface area contributed by atoms with Crippen LogP contribution in [0.4, 0.5) is 10.5 Å². The van der Waals surface area contributed by atoms with Crippen molar-refractivity contribution in [3.05, 3.63) is 28.8 Å². The zero-order chi connectivity index (χ0) is 23.8. The molecule has 0 radical (unpaired) electrons. The van der Waals surface area contributed by atoms with Gasteiger partial charge in [-0.3, -0.25) is 14.5 Å². The number of hydrogen-bond acceptors (Lipinski definition) is 4. The van der Waals surface area contributed by atoms with Crippen molar-refractivity contribution in [3.8, 4) is 0 Å². The predicted molar refractivity (Wildman–Crippen MR) is 128 cm³/mol. The molecule has 2 saturated heterocycles. The molecule has 1 N–H and O–H groups in total. The monoisotopic (exact) mass is 465 g/mol. The van der Waals surface area contributed by atoms with E-state index in [1.807, 2.05) is 32.9 Å². The molecular formula is C23H36ClN5O3. The lowest BCUT2D eigenvalue weighted by Gasteiger charge is -2.43. The van der Waals surface area contributed by atoms with Gasteiger partial charge >= 0.3 is 6.03 Å². The molecule has 0 aromatic heterocycles. The first-order chi connectivity index (χ1) is 15.3. The number of nitrogens with zero attached hydrogens (tertiary/aromatic N) is 4. The average molecular weight is 466 g/mol. The molecule has 2 heterocycles. The number of nitrogens with one attached hydrogen (secondary N) is 1. The van der Waals surface area contributed by atoms with Crippen LogP contribution in [0.2, 0.25) is 5.02 Å². The Kier molecular flexibility index (Phi) is 9.78. The maximum atomic E-state index is 13.1. The summed E-state index contributed by atoms with van der Waals surface area (Å²) in [7, 11) is 0. The molecule has 4 amide bonds. The number of amides is 4. The molecule has 1 aromatic rings. The number of urea groups is 1. The molecule has 0 spiro atoms. The third kappa shape index (κ3) is 6.36. The highest BCUT2D eigenvalue weighted by Gasteiger charge is 2.37. The van der Waals surface area contributed by atoms with Crippen molar-refractivity contribution in [3.63, 3.8) is 0 Å². The van der Waals surface area contributed by atoms with Gasteiger partial charge in [0.2, 0.25) is 11.8 Å². The van der Waals surface area contributed by atoms with E-state index in [1.165, 1.54) is 6.92 Å². The lowest BCUT2D eigenvalue weighted by molar-refractivity contribution is -0.149. The van der Waals surface area contributed by atoms with Crippen molar-refractivity contribution in [2.45, 2.75) is 40.7 Å². The van der Waals surface area contributed by atoms with Crippen molar-refractivity contribution in [2.24, 2.45) is 0 Å². The predicted octanol–water partition coefficient (Wildman–Crippen LogP) is 2.90. The average Bonchev–Trinajstić information content (AvgIpc) is 2.81. The normalized spacial score (nSPS) is 19.2. The molecule has 0 unspecified atom stereocenters. The Labute approximate surface area is 196 Å². The van der Waals surface area contributed by atoms with Gasteiger partial charge in [0.1, 0.15) is 6.04 Å². The highest BCUT2D eigenvalue weighted by molar-refractivity contribution is 6.31. The third-order valence-corrected chi connectivity index (χ3v) is 6.31. The molecule has 9 heteroatoms. The van der Waals surface area contributed by atoms with Gasteiger partial charge in [-0.2, -0.15) is 0 Å². The minimum Gasteiger partial charge on any atom is -0.337 e. The van der Waals surface area contributed by atoms with Gasteiger partial charge in [-0.1, -0.05) is 38.4 Å². The molecule has 1 atom stereocenters. The third-order valence-electron chi connectivity index (χ3n) is 5.90. The summed E-state index contributed by atoms with van der Waals surface area (Å²) in [4.78, 5) is 45.1. The maximum absolute atomic E-state index is 13.1. The Morgan fingerprint density at radius 2 is 1.66 bits per heavy atom. The molecule has 1 aromatic carbocycles. The van der Waals surface area contributed by atoms with Crippen molar-refractivity contribution in [2.75, 3.05) is 57.7 Å². The van der Waals surface area contributed by atoms with Gasteiger partial charge in [-0.15, -0.1) is 0 Å². The van der Waals surface area contributed by atoms with Gasteiger partial charge in [0.05, 0.1) is 0 Å². The van der Waals surface area contributed by atoms with E-state index in [1.54, 1.807) is 20.8 Å². The van der Waals surface area contributed by atoms with Crippen LogP contribution in [0.3, 0.4) is 0 Å². The minimum absolute atomic E-state index is 0.0336. The summed E-state index contributed by atoms with van der Waals surface area (Å²) in [5.74, 6) is -0.104. The molecule has 2 aliphatic rings. The molecule has 2 fully saturated rings. The first-order valence-corrected chi connectivity index (χ1v) is 11.8. The fraction of sp³-hybridized carbons (Fsp3) is 0.609. The lowest BCUT2D eigenvalue weighted by Crippen LogP contribution is -2.62. The number of carbonyl (C=O) groups is 3. The topological polar surface area (TPSA) is 76.2 Å². The second-order valence-corrected chi connectivity index (χ2v) is 8.24. The van der Waals surface area contributed by atoms with Gasteiger partial charge in [0, 0.05) is 63.4 Å². The Morgan fingerprint density at radius 1 is 1.03 bits per heavy atom. The second-order valence-electron chi connectivity index (χ2n) is 7.83. The number of aryl methyl sites for hydroxylation is 1. The highest BCUT2D eigenvalue weighted by Crippen LogP contribution is 2.21. The number of benzene rings is 1. The summed E-state index contributed by atoms with van der Waals surface area (Å²) in [6.07, 6.45) is 0. The van der Waals surface area contributed by atoms with Crippen LogP contribution in [0.15, 0.2) is 18.2 Å². The van der Waals surface area contributed by atoms with E-state index in [2.05, 4.69) is 17.1 Å². The van der Waals surface area contributed by atoms with E-state index in [-0.39, 0.29) is 17.8 Å². The van der Waals surface area contributed by atoms with Gasteiger partial charge < -0.3 is 20.0 Å². The summed E-state index contributed by atoms with van der Waals surface area (Å²) in [6, 6.07) is 4.75. The van der Waals surface area contributed by atoms with Crippen LogP contribution in [-0.4, -0.2) is 95.8 Å². The van der Waals surface area contributed by atoms with E-state index in [0.717, 1.165) is 18.7 Å². The Hall–Kier alpha value is -2.32. The Balaban J connectivity index is 0.00000176. The van der Waals surface area contributed by atoms with Crippen LogP contribution >= 0.6 is 11.6 Å². The van der Waals surface area contributed by atoms with E-state index in [0.29, 0.717) is 50.0 Å². The number of likely N-dealkylation sites (N-methyl/N-ethyl adjacent to an activating group) is 1. The van der Waals surface area contributed by atoms with Gasteiger partial charge in [0.25, 0.3) is 0 Å².